The zero-order valence-corrected chi connectivity index (χ0v) is 33.4. The first-order valence-electron chi connectivity index (χ1n) is 19.5. The molecule has 1 aliphatic rings. The van der Waals surface area contributed by atoms with Crippen molar-refractivity contribution in [1.29, 1.82) is 0 Å². The van der Waals surface area contributed by atoms with E-state index >= 15 is 4.39 Å². The van der Waals surface area contributed by atoms with Gasteiger partial charge in [-0.1, -0.05) is 62.4 Å². The number of halogens is 4. The van der Waals surface area contributed by atoms with Gasteiger partial charge >= 0.3 is 18.2 Å². The Hall–Kier alpha value is -6.25. The Kier molecular flexibility index (Phi) is 11.5. The van der Waals surface area contributed by atoms with Crippen LogP contribution in [0.25, 0.3) is 27.8 Å². The second-order valence-electron chi connectivity index (χ2n) is 15.4. The lowest BCUT2D eigenvalue weighted by molar-refractivity contribution is -0.147. The van der Waals surface area contributed by atoms with Gasteiger partial charge < -0.3 is 24.7 Å². The minimum atomic E-state index is -4.59. The second kappa shape index (κ2) is 16.5. The van der Waals surface area contributed by atoms with E-state index in [9.17, 15) is 22.8 Å². The molecule has 0 saturated heterocycles. The van der Waals surface area contributed by atoms with E-state index in [2.05, 4.69) is 20.3 Å². The molecule has 6 aromatic rings. The standard InChI is InChI=1S/C44H45F4N7O4/c1-6-27-14-11-15-28(7-2)38(27)55-39(32-24-54(19-17-34(32)53-55)41-50-22-30(23-51-41)44(46,47)48)36-31-16-18-49-37(31)29(21-33(36)45)25-58-40(56)35(20-26-12-9-8-10-13-26)52-42(57)59-43(3,4)5/h8-16,18,21-23,35,49H,6-7,17,19-20,24-25H2,1-5H3,(H,52,57)/t35-/m0/s1. The fourth-order valence-electron chi connectivity index (χ4n) is 7.45. The summed E-state index contributed by atoms with van der Waals surface area (Å²) in [6, 6.07) is 17.1. The number of rotatable bonds is 11. The smallest absolute Gasteiger partial charge is 0.419 e. The van der Waals surface area contributed by atoms with Gasteiger partial charge in [-0.3, -0.25) is 0 Å². The van der Waals surface area contributed by atoms with Crippen LogP contribution >= 0.6 is 0 Å². The number of esters is 1. The largest absolute Gasteiger partial charge is 0.459 e. The highest BCUT2D eigenvalue weighted by atomic mass is 19.4. The van der Waals surface area contributed by atoms with E-state index in [1.807, 2.05) is 62.4 Å². The molecule has 308 valence electrons. The molecule has 1 amide bonds. The summed E-state index contributed by atoms with van der Waals surface area (Å²) >= 11 is 0. The topological polar surface area (TPSA) is 127 Å². The van der Waals surface area contributed by atoms with Crippen LogP contribution in [0.2, 0.25) is 0 Å². The number of amides is 1. The number of aromatic nitrogens is 5. The van der Waals surface area contributed by atoms with Gasteiger partial charge in [0, 0.05) is 66.6 Å². The van der Waals surface area contributed by atoms with Gasteiger partial charge in [-0.2, -0.15) is 18.3 Å². The Labute approximate surface area is 338 Å². The molecule has 15 heteroatoms. The first kappa shape index (κ1) is 40.9. The van der Waals surface area contributed by atoms with Crippen LogP contribution in [0.1, 0.15) is 73.7 Å². The summed E-state index contributed by atoms with van der Waals surface area (Å²) in [5.74, 6) is -1.22. The Morgan fingerprint density at radius 1 is 0.949 bits per heavy atom. The van der Waals surface area contributed by atoms with Gasteiger partial charge in [-0.15, -0.1) is 0 Å². The number of alkyl halides is 3. The quantitative estimate of drug-likeness (QED) is 0.0982. The molecule has 59 heavy (non-hydrogen) atoms. The molecule has 0 bridgehead atoms. The Morgan fingerprint density at radius 3 is 2.29 bits per heavy atom. The van der Waals surface area contributed by atoms with Crippen molar-refractivity contribution >= 4 is 28.9 Å². The van der Waals surface area contributed by atoms with Gasteiger partial charge in [0.25, 0.3) is 0 Å². The van der Waals surface area contributed by atoms with Gasteiger partial charge in [0.05, 0.1) is 28.2 Å². The lowest BCUT2D eigenvalue weighted by atomic mass is 9.95. The van der Waals surface area contributed by atoms with Gasteiger partial charge in [0.2, 0.25) is 5.95 Å². The van der Waals surface area contributed by atoms with Crippen molar-refractivity contribution in [1.82, 2.24) is 30.0 Å². The van der Waals surface area contributed by atoms with E-state index in [4.69, 9.17) is 14.6 Å². The SMILES string of the molecule is CCc1cccc(CC)c1-n1nc2c(c1-c1c(F)cc(COC(=O)[C@H](Cc3ccccc3)NC(=O)OC(C)(C)C)c3[nH]ccc13)CN(c1ncc(C(F)(F)F)cn1)CC2. The van der Waals surface area contributed by atoms with Crippen molar-refractivity contribution in [2.45, 2.75) is 91.3 Å². The number of para-hydroxylation sites is 1. The van der Waals surface area contributed by atoms with E-state index < -0.39 is 41.3 Å². The summed E-state index contributed by atoms with van der Waals surface area (Å²) < 4.78 is 70.2. The minimum Gasteiger partial charge on any atom is -0.459 e. The number of hydrogen-bond donors (Lipinski definition) is 2. The van der Waals surface area contributed by atoms with Crippen LogP contribution in [0.5, 0.6) is 0 Å². The van der Waals surface area contributed by atoms with Crippen molar-refractivity contribution in [3.05, 3.63) is 124 Å². The fourth-order valence-corrected chi connectivity index (χ4v) is 7.45. The van der Waals surface area contributed by atoms with E-state index in [0.29, 0.717) is 53.5 Å². The van der Waals surface area contributed by atoms with Crippen LogP contribution < -0.4 is 10.2 Å². The Morgan fingerprint density at radius 2 is 1.64 bits per heavy atom. The highest BCUT2D eigenvalue weighted by Gasteiger charge is 2.34. The normalized spacial score (nSPS) is 13.6. The van der Waals surface area contributed by atoms with Gasteiger partial charge in [0.1, 0.15) is 24.1 Å². The molecule has 0 unspecified atom stereocenters. The van der Waals surface area contributed by atoms with E-state index in [1.54, 1.807) is 42.6 Å². The molecule has 0 saturated carbocycles. The predicted octanol–water partition coefficient (Wildman–Crippen LogP) is 8.84. The lowest BCUT2D eigenvalue weighted by Gasteiger charge is -2.27. The highest BCUT2D eigenvalue weighted by Crippen LogP contribution is 2.41. The van der Waals surface area contributed by atoms with Crippen LogP contribution in [0.3, 0.4) is 0 Å². The van der Waals surface area contributed by atoms with Gasteiger partial charge in [-0.25, -0.2) is 28.6 Å². The van der Waals surface area contributed by atoms with Crippen LogP contribution in [0.4, 0.5) is 28.3 Å². The number of nitrogens with one attached hydrogen (secondary N) is 2. The van der Waals surface area contributed by atoms with E-state index in [0.717, 1.165) is 40.5 Å². The van der Waals surface area contributed by atoms with Gasteiger partial charge in [0.15, 0.2) is 0 Å². The molecule has 3 aromatic carbocycles. The maximum atomic E-state index is 17.1. The van der Waals surface area contributed by atoms with Crippen molar-refractivity contribution in [2.75, 3.05) is 11.4 Å². The maximum absolute atomic E-state index is 17.1. The van der Waals surface area contributed by atoms with Crippen molar-refractivity contribution in [2.24, 2.45) is 0 Å². The van der Waals surface area contributed by atoms with Crippen LogP contribution in [-0.2, 0) is 59.3 Å². The monoisotopic (exact) mass is 811 g/mol. The molecule has 0 radical (unpaired) electrons. The summed E-state index contributed by atoms with van der Waals surface area (Å²) in [6.07, 6.45) is -0.270. The summed E-state index contributed by atoms with van der Waals surface area (Å²) in [7, 11) is 0. The van der Waals surface area contributed by atoms with Crippen LogP contribution in [-0.4, -0.2) is 55.0 Å². The first-order chi connectivity index (χ1) is 28.1. The number of hydrogen-bond acceptors (Lipinski definition) is 8. The molecule has 2 N–H and O–H groups in total. The zero-order chi connectivity index (χ0) is 42.1. The summed E-state index contributed by atoms with van der Waals surface area (Å²) in [5.41, 5.74) is 4.91. The number of anilines is 1. The van der Waals surface area contributed by atoms with Crippen LogP contribution in [0.15, 0.2) is 79.3 Å². The Bertz CT molecular complexity index is 2450. The molecule has 1 aliphatic heterocycles. The number of fused-ring (bicyclic) bond motifs is 2. The number of carbonyl (C=O) groups excluding carboxylic acids is 2. The number of alkyl carbamates (subject to hydrolysis) is 1. The minimum absolute atomic E-state index is 0.113. The molecule has 11 nitrogen and oxygen atoms in total. The first-order valence-corrected chi connectivity index (χ1v) is 19.5. The van der Waals surface area contributed by atoms with Gasteiger partial charge in [-0.05, 0) is 62.4 Å². The molecular weight excluding hydrogens is 767 g/mol. The summed E-state index contributed by atoms with van der Waals surface area (Å²) in [4.78, 5) is 39.5. The third-order valence-electron chi connectivity index (χ3n) is 10.2. The third kappa shape index (κ3) is 8.78. The molecular formula is C44H45F4N7O4. The number of nitrogens with zero attached hydrogens (tertiary/aromatic N) is 5. The Balaban J connectivity index is 1.28. The average molecular weight is 812 g/mol. The molecule has 0 fully saturated rings. The molecule has 4 heterocycles. The van der Waals surface area contributed by atoms with Crippen molar-refractivity contribution < 1.29 is 36.6 Å². The number of ether oxygens (including phenoxy) is 2. The number of H-pyrrole nitrogens is 1. The lowest BCUT2D eigenvalue weighted by Crippen LogP contribution is -2.45. The number of benzene rings is 3. The predicted molar refractivity (Wildman–Crippen MR) is 214 cm³/mol. The summed E-state index contributed by atoms with van der Waals surface area (Å²) in [5, 5.41) is 8.25. The number of aryl methyl sites for hydroxylation is 2. The zero-order valence-electron chi connectivity index (χ0n) is 33.4. The fraction of sp³-hybridized carbons (Fsp3) is 0.341. The summed E-state index contributed by atoms with van der Waals surface area (Å²) in [6.45, 7) is 9.45. The van der Waals surface area contributed by atoms with Crippen molar-refractivity contribution in [3.8, 4) is 16.9 Å². The average Bonchev–Trinajstić information content (AvgIpc) is 3.84. The second-order valence-corrected chi connectivity index (χ2v) is 15.4. The van der Waals surface area contributed by atoms with E-state index in [1.165, 1.54) is 6.07 Å². The molecule has 1 atom stereocenters. The molecule has 0 aliphatic carbocycles. The number of carbonyl (C=O) groups is 2. The third-order valence-corrected chi connectivity index (χ3v) is 10.2. The number of aromatic amines is 1. The molecule has 7 rings (SSSR count). The highest BCUT2D eigenvalue weighted by molar-refractivity contribution is 5.98. The molecule has 3 aromatic heterocycles. The maximum Gasteiger partial charge on any atom is 0.419 e. The van der Waals surface area contributed by atoms with Crippen molar-refractivity contribution in [3.63, 3.8) is 0 Å². The van der Waals surface area contributed by atoms with Crippen LogP contribution in [0, 0.1) is 5.82 Å². The van der Waals surface area contributed by atoms with E-state index in [-0.39, 0.29) is 31.1 Å². The molecule has 0 spiro atoms.